The van der Waals surface area contributed by atoms with Gasteiger partial charge in [0.25, 0.3) is 11.5 Å². The molecule has 50 heavy (non-hydrogen) atoms. The van der Waals surface area contributed by atoms with Crippen LogP contribution in [-0.4, -0.2) is 67.2 Å². The van der Waals surface area contributed by atoms with E-state index in [1.807, 2.05) is 45.7 Å². The number of allylic oxidation sites excluding steroid dienone is 1. The summed E-state index contributed by atoms with van der Waals surface area (Å²) in [5, 5.41) is 9.77. The number of amides is 1. The predicted molar refractivity (Wildman–Crippen MR) is 198 cm³/mol. The maximum absolute atomic E-state index is 13.4. The first-order chi connectivity index (χ1) is 23.7. The molecule has 3 aliphatic rings. The van der Waals surface area contributed by atoms with Crippen LogP contribution in [0.15, 0.2) is 53.0 Å². The number of pyridine rings is 1. The van der Waals surface area contributed by atoms with Gasteiger partial charge in [-0.25, -0.2) is 0 Å². The Morgan fingerprint density at radius 2 is 1.74 bits per heavy atom. The number of likely N-dealkylation sites (tertiary alicyclic amines) is 1. The number of rotatable bonds is 7. The molecule has 3 aromatic rings. The summed E-state index contributed by atoms with van der Waals surface area (Å²) in [5.41, 5.74) is 8.68. The van der Waals surface area contributed by atoms with Crippen LogP contribution < -0.4 is 19.9 Å². The quantitative estimate of drug-likeness (QED) is 0.213. The van der Waals surface area contributed by atoms with Crippen molar-refractivity contribution in [1.82, 2.24) is 14.4 Å². The van der Waals surface area contributed by atoms with Gasteiger partial charge in [0.2, 0.25) is 0 Å². The lowest BCUT2D eigenvalue weighted by atomic mass is 9.78. The number of carbonyl (C=O) groups is 1. The van der Waals surface area contributed by atoms with Crippen LogP contribution in [0.3, 0.4) is 0 Å². The van der Waals surface area contributed by atoms with Crippen molar-refractivity contribution < 1.29 is 14.3 Å². The lowest BCUT2D eigenvalue weighted by molar-refractivity contribution is -0.129. The second-order valence-electron chi connectivity index (χ2n) is 15.7. The first-order valence-electron chi connectivity index (χ1n) is 17.6. The summed E-state index contributed by atoms with van der Waals surface area (Å²) in [6.07, 6.45) is 5.59. The van der Waals surface area contributed by atoms with Gasteiger partial charge in [-0.3, -0.25) is 14.5 Å². The van der Waals surface area contributed by atoms with Crippen molar-refractivity contribution in [2.45, 2.75) is 67.0 Å². The Labute approximate surface area is 296 Å². The highest BCUT2D eigenvalue weighted by Crippen LogP contribution is 2.46. The normalized spacial score (nSPS) is 18.9. The Morgan fingerprint density at radius 3 is 2.36 bits per heavy atom. The lowest BCUT2D eigenvalue weighted by Crippen LogP contribution is -2.58. The van der Waals surface area contributed by atoms with Crippen molar-refractivity contribution in [3.63, 3.8) is 0 Å². The number of fused-ring (bicyclic) bond motifs is 1. The van der Waals surface area contributed by atoms with Crippen molar-refractivity contribution in [2.75, 3.05) is 51.8 Å². The highest BCUT2D eigenvalue weighted by molar-refractivity contribution is 5.97. The molecule has 3 aliphatic heterocycles. The van der Waals surface area contributed by atoms with Crippen molar-refractivity contribution >= 4 is 11.6 Å². The van der Waals surface area contributed by atoms with E-state index in [0.29, 0.717) is 6.54 Å². The Kier molecular flexibility index (Phi) is 9.38. The molecular formula is C41H51N5O4. The average molecular weight is 678 g/mol. The van der Waals surface area contributed by atoms with E-state index in [2.05, 4.69) is 53.1 Å². The zero-order valence-corrected chi connectivity index (χ0v) is 31.1. The molecule has 0 radical (unpaired) electrons. The van der Waals surface area contributed by atoms with Crippen LogP contribution in [0, 0.1) is 36.0 Å². The van der Waals surface area contributed by atoms with Gasteiger partial charge < -0.3 is 23.8 Å². The van der Waals surface area contributed by atoms with Crippen molar-refractivity contribution in [3.05, 3.63) is 86.3 Å². The topological polar surface area (TPSA) is 91.0 Å². The van der Waals surface area contributed by atoms with Gasteiger partial charge in [-0.1, -0.05) is 39.0 Å². The summed E-state index contributed by atoms with van der Waals surface area (Å²) < 4.78 is 13.5. The van der Waals surface area contributed by atoms with Gasteiger partial charge >= 0.3 is 0 Å². The number of hydrogen-bond acceptors (Lipinski definition) is 7. The number of aryl methyl sites for hydroxylation is 1. The molecule has 264 valence electrons. The summed E-state index contributed by atoms with van der Waals surface area (Å²) in [4.78, 5) is 32.8. The summed E-state index contributed by atoms with van der Waals surface area (Å²) in [6.45, 7) is 17.3. The van der Waals surface area contributed by atoms with Gasteiger partial charge in [-0.15, -0.1) is 0 Å². The molecule has 1 unspecified atom stereocenters. The molecule has 1 spiro atoms. The number of hydrogen-bond donors (Lipinski definition) is 0. The maximum Gasteiger partial charge on any atom is 0.264 e. The highest BCUT2D eigenvalue weighted by atomic mass is 16.5. The minimum absolute atomic E-state index is 0.0130. The van der Waals surface area contributed by atoms with Crippen LogP contribution >= 0.6 is 0 Å². The molecule has 6 rings (SSSR count). The van der Waals surface area contributed by atoms with Crippen LogP contribution in [0.25, 0.3) is 11.1 Å². The number of ether oxygens (including phenoxy) is 2. The van der Waals surface area contributed by atoms with Crippen LogP contribution in [0.1, 0.15) is 68.0 Å². The fraction of sp³-hybridized carbons (Fsp3) is 0.488. The van der Waals surface area contributed by atoms with Crippen LogP contribution in [0.5, 0.6) is 11.5 Å². The highest BCUT2D eigenvalue weighted by Gasteiger charge is 2.48. The third kappa shape index (κ3) is 6.42. The maximum atomic E-state index is 13.4. The second-order valence-corrected chi connectivity index (χ2v) is 15.7. The number of nitrogens with zero attached hydrogens (tertiary/aromatic N) is 5. The Morgan fingerprint density at radius 1 is 1.06 bits per heavy atom. The van der Waals surface area contributed by atoms with Gasteiger partial charge in [-0.05, 0) is 86.0 Å². The van der Waals surface area contributed by atoms with Gasteiger partial charge in [-0.2, -0.15) is 5.26 Å². The lowest BCUT2D eigenvalue weighted by Gasteiger charge is -2.51. The minimum atomic E-state index is -0.249. The summed E-state index contributed by atoms with van der Waals surface area (Å²) in [5.74, 6) is 1.39. The third-order valence-corrected chi connectivity index (χ3v) is 11.0. The zero-order valence-electron chi connectivity index (χ0n) is 31.1. The Hall–Kier alpha value is -4.55. The van der Waals surface area contributed by atoms with E-state index in [-0.39, 0.29) is 33.9 Å². The summed E-state index contributed by atoms with van der Waals surface area (Å²) in [6, 6.07) is 12.7. The third-order valence-electron chi connectivity index (χ3n) is 11.0. The van der Waals surface area contributed by atoms with Gasteiger partial charge in [0.1, 0.15) is 23.1 Å². The molecule has 2 aromatic carbocycles. The minimum Gasteiger partial charge on any atom is -0.496 e. The van der Waals surface area contributed by atoms with Gasteiger partial charge in [0.15, 0.2) is 0 Å². The van der Waals surface area contributed by atoms with E-state index in [1.54, 1.807) is 31.9 Å². The number of anilines is 1. The number of aromatic nitrogens is 1. The fourth-order valence-electron chi connectivity index (χ4n) is 8.29. The number of methoxy groups -OCH3 is 2. The largest absolute Gasteiger partial charge is 0.496 e. The number of carbonyl (C=O) groups excluding carboxylic acids is 1. The first kappa shape index (κ1) is 35.3. The summed E-state index contributed by atoms with van der Waals surface area (Å²) >= 11 is 0. The van der Waals surface area contributed by atoms with Gasteiger partial charge in [0, 0.05) is 68.2 Å². The van der Waals surface area contributed by atoms with E-state index in [4.69, 9.17) is 9.47 Å². The SMILES string of the molecule is COc1cc(-c2cn(C)c(=O)c(C)c2C)cc(OC)c1CN1CCC2(C1)CN(c1cccc3c1CCN(C(=O)/C(C#N)=C/C(C)(C)C)C3C)C2. The molecular weight excluding hydrogens is 626 g/mol. The Bertz CT molecular complexity index is 1930. The fourth-order valence-corrected chi connectivity index (χ4v) is 8.29. The number of nitriles is 1. The average Bonchev–Trinajstić information content (AvgIpc) is 3.51. The first-order valence-corrected chi connectivity index (χ1v) is 17.6. The second kappa shape index (κ2) is 13.3. The molecule has 1 atom stereocenters. The van der Waals surface area contributed by atoms with E-state index >= 15 is 0 Å². The molecule has 2 fully saturated rings. The van der Waals surface area contributed by atoms with E-state index in [9.17, 15) is 14.9 Å². The molecule has 1 amide bonds. The van der Waals surface area contributed by atoms with Crippen molar-refractivity contribution in [1.29, 1.82) is 5.26 Å². The van der Waals surface area contributed by atoms with Crippen LogP contribution in [0.4, 0.5) is 5.69 Å². The van der Waals surface area contributed by atoms with E-state index in [0.717, 1.165) is 84.9 Å². The van der Waals surface area contributed by atoms with Gasteiger partial charge in [0.05, 0.1) is 25.8 Å². The summed E-state index contributed by atoms with van der Waals surface area (Å²) in [7, 11) is 5.20. The molecule has 0 N–H and O–H groups in total. The standard InChI is InChI=1S/C41H51N5O4/c1-26-27(2)38(47)43(7)21-33(26)29-17-36(49-8)34(37(18-29)50-9)22-44-16-14-41(23-44)24-45(25-41)35-12-10-11-31-28(3)46(15-13-32(31)35)39(48)30(20-42)19-40(4,5)6/h10-12,17-19,21,28H,13-16,22-25H2,1-9H3/b30-19+. The molecule has 0 bridgehead atoms. The monoisotopic (exact) mass is 677 g/mol. The van der Waals surface area contributed by atoms with E-state index in [1.165, 1.54) is 16.8 Å². The molecule has 9 nitrogen and oxygen atoms in total. The van der Waals surface area contributed by atoms with Crippen molar-refractivity contribution in [3.8, 4) is 28.7 Å². The van der Waals surface area contributed by atoms with Crippen LogP contribution in [0.2, 0.25) is 0 Å². The van der Waals surface area contributed by atoms with E-state index < -0.39 is 0 Å². The molecule has 2 saturated heterocycles. The molecule has 0 saturated carbocycles. The smallest absolute Gasteiger partial charge is 0.264 e. The van der Waals surface area contributed by atoms with Crippen molar-refractivity contribution in [2.24, 2.45) is 17.9 Å². The predicted octanol–water partition coefficient (Wildman–Crippen LogP) is 6.34. The zero-order chi connectivity index (χ0) is 36.1. The Balaban J connectivity index is 1.16. The molecule has 1 aromatic heterocycles. The molecule has 0 aliphatic carbocycles. The molecule has 9 heteroatoms. The van der Waals surface area contributed by atoms with Crippen LogP contribution in [-0.2, 0) is 24.8 Å². The number of benzene rings is 2. The molecule has 4 heterocycles.